The normalized spacial score (nSPS) is 12.3. The Morgan fingerprint density at radius 2 is 1.02 bits per heavy atom. The molecule has 5 aromatic heterocycles. The summed E-state index contributed by atoms with van der Waals surface area (Å²) in [5, 5.41) is 12.4. The monoisotopic (exact) mass is 793 g/mol. The molecule has 0 N–H and O–H groups in total. The fourth-order valence-corrected chi connectivity index (χ4v) is 11.2. The van der Waals surface area contributed by atoms with E-state index in [0.717, 1.165) is 38.1 Å². The van der Waals surface area contributed by atoms with Crippen molar-refractivity contribution in [3.8, 4) is 39.9 Å². The van der Waals surface area contributed by atoms with Crippen molar-refractivity contribution < 1.29 is 0 Å². The minimum Gasteiger partial charge on any atom is -0.309 e. The zero-order valence-corrected chi connectivity index (χ0v) is 33.4. The van der Waals surface area contributed by atoms with Gasteiger partial charge in [0.05, 0.1) is 27.6 Å². The molecule has 0 spiro atoms. The molecule has 0 aliphatic heterocycles. The maximum atomic E-state index is 5.29. The maximum absolute atomic E-state index is 5.29. The van der Waals surface area contributed by atoms with Crippen LogP contribution >= 0.6 is 11.3 Å². The van der Waals surface area contributed by atoms with Gasteiger partial charge in [-0.05, 0) is 53.2 Å². The fraction of sp³-hybridized carbons (Fsp3) is 0. The quantitative estimate of drug-likeness (QED) is 0.178. The number of aromatic nitrogens is 5. The van der Waals surface area contributed by atoms with Crippen LogP contribution < -0.4 is 0 Å². The lowest BCUT2D eigenvalue weighted by molar-refractivity contribution is 1.07. The molecule has 0 fully saturated rings. The van der Waals surface area contributed by atoms with Crippen LogP contribution in [0.15, 0.2) is 188 Å². The predicted molar refractivity (Wildman–Crippen MR) is 256 cm³/mol. The van der Waals surface area contributed by atoms with Gasteiger partial charge in [-0.1, -0.05) is 146 Å². The van der Waals surface area contributed by atoms with Crippen molar-refractivity contribution in [3.05, 3.63) is 188 Å². The number of rotatable bonds is 4. The molecular formula is C55H31N5S. The first-order valence-electron chi connectivity index (χ1n) is 20.6. The highest BCUT2D eigenvalue weighted by Gasteiger charge is 2.24. The largest absolute Gasteiger partial charge is 0.309 e. The lowest BCUT2D eigenvalue weighted by Gasteiger charge is -2.13. The van der Waals surface area contributed by atoms with Crippen LogP contribution in [-0.2, 0) is 0 Å². The Kier molecular flexibility index (Phi) is 6.65. The summed E-state index contributed by atoms with van der Waals surface area (Å²) in [7, 11) is 0. The zero-order valence-electron chi connectivity index (χ0n) is 32.5. The highest BCUT2D eigenvalue weighted by Crippen LogP contribution is 2.46. The summed E-state index contributed by atoms with van der Waals surface area (Å²) < 4.78 is 7.34. The molecule has 6 heteroatoms. The second-order valence-corrected chi connectivity index (χ2v) is 17.0. The summed E-state index contributed by atoms with van der Waals surface area (Å²) in [6.45, 7) is 0. The van der Waals surface area contributed by atoms with Crippen LogP contribution in [0.2, 0.25) is 0 Å². The van der Waals surface area contributed by atoms with E-state index in [1.807, 2.05) is 36.4 Å². The third-order valence-corrected chi connectivity index (χ3v) is 13.9. The molecule has 0 aliphatic rings. The van der Waals surface area contributed by atoms with E-state index in [9.17, 15) is 0 Å². The van der Waals surface area contributed by atoms with Crippen LogP contribution in [0.25, 0.3) is 131 Å². The Labute approximate surface area is 352 Å². The van der Waals surface area contributed by atoms with Gasteiger partial charge in [0.1, 0.15) is 0 Å². The number of benzene rings is 9. The van der Waals surface area contributed by atoms with Crippen LogP contribution in [0.1, 0.15) is 0 Å². The second-order valence-electron chi connectivity index (χ2n) is 16.0. The Hall–Kier alpha value is -7.93. The lowest BCUT2D eigenvalue weighted by atomic mass is 10.0. The van der Waals surface area contributed by atoms with Gasteiger partial charge in [-0.25, -0.2) is 15.0 Å². The van der Waals surface area contributed by atoms with E-state index < -0.39 is 0 Å². The molecule has 0 saturated carbocycles. The van der Waals surface area contributed by atoms with Gasteiger partial charge in [0, 0.05) is 74.9 Å². The van der Waals surface area contributed by atoms with Crippen molar-refractivity contribution in [1.29, 1.82) is 0 Å². The lowest BCUT2D eigenvalue weighted by Crippen LogP contribution is -2.01. The Morgan fingerprint density at radius 3 is 1.80 bits per heavy atom. The van der Waals surface area contributed by atoms with Crippen LogP contribution in [-0.4, -0.2) is 23.9 Å². The molecule has 0 saturated heterocycles. The van der Waals surface area contributed by atoms with Crippen molar-refractivity contribution in [2.24, 2.45) is 0 Å². The molecular weight excluding hydrogens is 763 g/mol. The summed E-state index contributed by atoms with van der Waals surface area (Å²) in [5.41, 5.74) is 9.94. The molecule has 5 heterocycles. The molecule has 0 amide bonds. The first-order chi connectivity index (χ1) is 30.2. The molecule has 282 valence electrons. The fourth-order valence-electron chi connectivity index (χ4n) is 10.0. The van der Waals surface area contributed by atoms with Gasteiger partial charge in [0.25, 0.3) is 0 Å². The van der Waals surface area contributed by atoms with E-state index in [-0.39, 0.29) is 0 Å². The summed E-state index contributed by atoms with van der Waals surface area (Å²) in [4.78, 5) is 15.7. The van der Waals surface area contributed by atoms with Gasteiger partial charge in [-0.3, -0.25) is 0 Å². The zero-order chi connectivity index (χ0) is 39.8. The average molecular weight is 794 g/mol. The average Bonchev–Trinajstić information content (AvgIpc) is 4.07. The molecule has 0 bridgehead atoms. The van der Waals surface area contributed by atoms with Gasteiger partial charge < -0.3 is 8.97 Å². The van der Waals surface area contributed by atoms with Gasteiger partial charge in [0.2, 0.25) is 0 Å². The van der Waals surface area contributed by atoms with Crippen LogP contribution in [0, 0.1) is 0 Å². The summed E-state index contributed by atoms with van der Waals surface area (Å²) in [6, 6.07) is 67.7. The SMILES string of the molecule is c1ccc(-c2nc(-c3ccccc3)nc(-c3cc(-n4c5cc6c(cc5c5c7ccccc7ccc54)c4cccc5c7ccccc7n6c54)cc4c3sc3ccccc34)n2)cc1. The maximum Gasteiger partial charge on any atom is 0.165 e. The third-order valence-electron chi connectivity index (χ3n) is 12.7. The van der Waals surface area contributed by atoms with E-state index in [4.69, 9.17) is 15.0 Å². The number of para-hydroxylation sites is 2. The summed E-state index contributed by atoms with van der Waals surface area (Å²) >= 11 is 1.80. The molecule has 5 nitrogen and oxygen atoms in total. The van der Waals surface area contributed by atoms with Gasteiger partial charge >= 0.3 is 0 Å². The third kappa shape index (κ3) is 4.62. The minimum absolute atomic E-state index is 0.646. The van der Waals surface area contributed by atoms with Crippen molar-refractivity contribution in [1.82, 2.24) is 23.9 Å². The Bertz CT molecular complexity index is 4050. The molecule has 0 atom stereocenters. The first-order valence-corrected chi connectivity index (χ1v) is 21.4. The number of fused-ring (bicyclic) bond motifs is 14. The minimum atomic E-state index is 0.646. The van der Waals surface area contributed by atoms with Gasteiger partial charge in [-0.15, -0.1) is 11.3 Å². The van der Waals surface area contributed by atoms with Crippen LogP contribution in [0.3, 0.4) is 0 Å². The van der Waals surface area contributed by atoms with E-state index in [2.05, 4.69) is 161 Å². The number of hydrogen-bond acceptors (Lipinski definition) is 4. The number of nitrogens with zero attached hydrogens (tertiary/aromatic N) is 5. The summed E-state index contributed by atoms with van der Waals surface area (Å²) in [6.07, 6.45) is 0. The molecule has 0 aliphatic carbocycles. The van der Waals surface area contributed by atoms with E-state index in [1.54, 1.807) is 11.3 Å². The Balaban J connectivity index is 1.14. The van der Waals surface area contributed by atoms with Crippen molar-refractivity contribution in [2.45, 2.75) is 0 Å². The molecule has 0 radical (unpaired) electrons. The first kappa shape index (κ1) is 33.0. The van der Waals surface area contributed by atoms with E-state index in [0.29, 0.717) is 17.5 Å². The van der Waals surface area contributed by atoms with E-state index >= 15 is 0 Å². The molecule has 14 aromatic rings. The number of thiophene rings is 1. The van der Waals surface area contributed by atoms with Crippen LogP contribution in [0.4, 0.5) is 0 Å². The van der Waals surface area contributed by atoms with E-state index in [1.165, 1.54) is 75.1 Å². The van der Waals surface area contributed by atoms with Crippen molar-refractivity contribution >= 4 is 102 Å². The number of hydrogen-bond donors (Lipinski definition) is 0. The van der Waals surface area contributed by atoms with Gasteiger partial charge in [-0.2, -0.15) is 0 Å². The predicted octanol–water partition coefficient (Wildman–Crippen LogP) is 14.6. The highest BCUT2D eigenvalue weighted by atomic mass is 32.1. The van der Waals surface area contributed by atoms with Crippen LogP contribution in [0.5, 0.6) is 0 Å². The van der Waals surface area contributed by atoms with Gasteiger partial charge in [0.15, 0.2) is 17.5 Å². The summed E-state index contributed by atoms with van der Waals surface area (Å²) in [5.74, 6) is 1.94. The topological polar surface area (TPSA) is 48.0 Å². The van der Waals surface area contributed by atoms with Crippen molar-refractivity contribution in [2.75, 3.05) is 0 Å². The smallest absolute Gasteiger partial charge is 0.165 e. The molecule has 9 aromatic carbocycles. The second kappa shape index (κ2) is 12.3. The highest BCUT2D eigenvalue weighted by molar-refractivity contribution is 7.26. The molecule has 0 unspecified atom stereocenters. The Morgan fingerprint density at radius 1 is 0.377 bits per heavy atom. The molecule has 61 heavy (non-hydrogen) atoms. The standard InChI is InChI=1S/C55H31N5S/c1-3-15-33(16-4-1)53-56-54(34-17-5-2-6-18-34)58-55(57-53)44-29-35(28-42-38-21-10-12-25-49(38)61-52(42)44)59-46-27-26-32-14-7-8-19-36(32)50(46)43-30-41-40-23-13-22-39-37-20-9-11-24-45(37)60(51(39)40)47(41)31-48(43)59/h1-31H. The molecule has 14 rings (SSSR count). The van der Waals surface area contributed by atoms with Crippen molar-refractivity contribution in [3.63, 3.8) is 0 Å².